The van der Waals surface area contributed by atoms with Gasteiger partial charge in [-0.1, -0.05) is 48.5 Å². The second kappa shape index (κ2) is 6.99. The summed E-state index contributed by atoms with van der Waals surface area (Å²) in [7, 11) is 0. The van der Waals surface area contributed by atoms with Gasteiger partial charge in [-0.15, -0.1) is 0 Å². The van der Waals surface area contributed by atoms with Gasteiger partial charge in [-0.3, -0.25) is 9.59 Å². The monoisotopic (exact) mass is 389 g/mol. The number of imide groups is 1. The SMILES string of the molecule is CC(C)(C)OC(=O)C1=C(c2ccccc2)[C@H]2C(=O)N(c3ccccc3)C(=O)[C@H]2C1. The summed E-state index contributed by atoms with van der Waals surface area (Å²) in [6, 6.07) is 18.3. The van der Waals surface area contributed by atoms with E-state index < -0.39 is 23.4 Å². The van der Waals surface area contributed by atoms with Crippen LogP contribution in [0.2, 0.25) is 0 Å². The lowest BCUT2D eigenvalue weighted by Gasteiger charge is -2.22. The Morgan fingerprint density at radius 3 is 2.10 bits per heavy atom. The Balaban J connectivity index is 1.80. The van der Waals surface area contributed by atoms with E-state index in [4.69, 9.17) is 4.74 Å². The smallest absolute Gasteiger partial charge is 0.334 e. The van der Waals surface area contributed by atoms with Crippen molar-refractivity contribution in [3.8, 4) is 0 Å². The molecule has 0 radical (unpaired) electrons. The van der Waals surface area contributed by atoms with Crippen LogP contribution < -0.4 is 4.90 Å². The van der Waals surface area contributed by atoms with Gasteiger partial charge in [-0.2, -0.15) is 0 Å². The fourth-order valence-electron chi connectivity index (χ4n) is 4.11. The zero-order chi connectivity index (χ0) is 20.8. The maximum Gasteiger partial charge on any atom is 0.334 e. The van der Waals surface area contributed by atoms with Crippen molar-refractivity contribution in [2.45, 2.75) is 32.8 Å². The Kier molecular flexibility index (Phi) is 4.61. The van der Waals surface area contributed by atoms with E-state index in [1.807, 2.05) is 36.4 Å². The zero-order valence-electron chi connectivity index (χ0n) is 16.7. The molecule has 148 valence electrons. The largest absolute Gasteiger partial charge is 0.457 e. The van der Waals surface area contributed by atoms with Crippen LogP contribution in [0.15, 0.2) is 66.2 Å². The van der Waals surface area contributed by atoms with Gasteiger partial charge in [0, 0.05) is 5.57 Å². The minimum absolute atomic E-state index is 0.206. The van der Waals surface area contributed by atoms with E-state index in [0.29, 0.717) is 16.8 Å². The molecule has 1 aliphatic carbocycles. The standard InChI is InChI=1S/C24H23NO4/c1-24(2,3)29-23(28)18-14-17-20(19(18)15-10-6-4-7-11-15)22(27)25(21(17)26)16-12-8-5-9-13-16/h4-13,17,20H,14H2,1-3H3/t17-,20-/m0/s1. The van der Waals surface area contributed by atoms with E-state index in [9.17, 15) is 14.4 Å². The molecule has 1 heterocycles. The van der Waals surface area contributed by atoms with Gasteiger partial charge in [0.15, 0.2) is 0 Å². The molecule has 0 spiro atoms. The number of nitrogens with zero attached hydrogens (tertiary/aromatic N) is 1. The van der Waals surface area contributed by atoms with Gasteiger partial charge in [-0.25, -0.2) is 9.69 Å². The van der Waals surface area contributed by atoms with E-state index in [2.05, 4.69) is 0 Å². The van der Waals surface area contributed by atoms with Crippen molar-refractivity contribution in [2.75, 3.05) is 4.90 Å². The van der Waals surface area contributed by atoms with Crippen LogP contribution in [0.3, 0.4) is 0 Å². The predicted molar refractivity (Wildman–Crippen MR) is 110 cm³/mol. The molecule has 2 amide bonds. The van der Waals surface area contributed by atoms with Crippen molar-refractivity contribution >= 4 is 29.0 Å². The van der Waals surface area contributed by atoms with Crippen molar-refractivity contribution in [1.29, 1.82) is 0 Å². The highest BCUT2D eigenvalue weighted by molar-refractivity contribution is 6.27. The van der Waals surface area contributed by atoms with Gasteiger partial charge in [0.1, 0.15) is 5.60 Å². The number of benzene rings is 2. The third kappa shape index (κ3) is 3.37. The Bertz CT molecular complexity index is 1000. The zero-order valence-corrected chi connectivity index (χ0v) is 16.7. The summed E-state index contributed by atoms with van der Waals surface area (Å²) < 4.78 is 5.59. The number of carbonyl (C=O) groups is 3. The van der Waals surface area contributed by atoms with Crippen LogP contribution in [0.25, 0.3) is 5.57 Å². The summed E-state index contributed by atoms with van der Waals surface area (Å²) in [6.45, 7) is 5.41. The van der Waals surface area contributed by atoms with Crippen LogP contribution >= 0.6 is 0 Å². The van der Waals surface area contributed by atoms with Gasteiger partial charge in [0.2, 0.25) is 11.8 Å². The number of fused-ring (bicyclic) bond motifs is 1. The van der Waals surface area contributed by atoms with E-state index in [-0.39, 0.29) is 18.2 Å². The summed E-state index contributed by atoms with van der Waals surface area (Å²) in [5.41, 5.74) is 1.71. The molecule has 0 saturated carbocycles. The lowest BCUT2D eigenvalue weighted by Crippen LogP contribution is -2.32. The quantitative estimate of drug-likeness (QED) is 0.588. The van der Waals surface area contributed by atoms with Crippen molar-refractivity contribution in [1.82, 2.24) is 0 Å². The molecule has 0 unspecified atom stereocenters. The molecule has 1 fully saturated rings. The van der Waals surface area contributed by atoms with Crippen molar-refractivity contribution < 1.29 is 19.1 Å². The number of ether oxygens (including phenoxy) is 1. The number of esters is 1. The molecule has 2 aromatic carbocycles. The topological polar surface area (TPSA) is 63.7 Å². The van der Waals surface area contributed by atoms with Crippen LogP contribution in [-0.2, 0) is 19.1 Å². The molecule has 1 aliphatic heterocycles. The van der Waals surface area contributed by atoms with Crippen molar-refractivity contribution in [3.05, 3.63) is 71.8 Å². The van der Waals surface area contributed by atoms with E-state index >= 15 is 0 Å². The van der Waals surface area contributed by atoms with Crippen LogP contribution in [0.4, 0.5) is 5.69 Å². The predicted octanol–water partition coefficient (Wildman–Crippen LogP) is 3.99. The molecule has 0 N–H and O–H groups in total. The van der Waals surface area contributed by atoms with Crippen LogP contribution in [0, 0.1) is 11.8 Å². The highest BCUT2D eigenvalue weighted by atomic mass is 16.6. The van der Waals surface area contributed by atoms with Gasteiger partial charge in [0.05, 0.1) is 17.5 Å². The summed E-state index contributed by atoms with van der Waals surface area (Å²) in [5.74, 6) is -2.27. The Labute approximate surface area is 170 Å². The van der Waals surface area contributed by atoms with Crippen LogP contribution in [-0.4, -0.2) is 23.4 Å². The molecule has 5 nitrogen and oxygen atoms in total. The first kappa shape index (κ1) is 19.1. The van der Waals surface area contributed by atoms with Gasteiger partial charge in [0.25, 0.3) is 0 Å². The second-order valence-corrected chi connectivity index (χ2v) is 8.40. The normalized spacial score (nSPS) is 21.6. The molecule has 0 aromatic heterocycles. The minimum atomic E-state index is -0.673. The van der Waals surface area contributed by atoms with E-state index in [0.717, 1.165) is 5.56 Å². The molecule has 5 heteroatoms. The number of hydrogen-bond donors (Lipinski definition) is 0. The lowest BCUT2D eigenvalue weighted by atomic mass is 9.89. The molecule has 4 rings (SSSR count). The van der Waals surface area contributed by atoms with E-state index in [1.165, 1.54) is 4.90 Å². The third-order valence-electron chi connectivity index (χ3n) is 5.23. The average molecular weight is 389 g/mol. The molecule has 1 saturated heterocycles. The fraction of sp³-hybridized carbons (Fsp3) is 0.292. The molecule has 0 bridgehead atoms. The Morgan fingerprint density at radius 1 is 0.931 bits per heavy atom. The van der Waals surface area contributed by atoms with Crippen LogP contribution in [0.5, 0.6) is 0 Å². The Hall–Kier alpha value is -3.21. The van der Waals surface area contributed by atoms with Crippen LogP contribution in [0.1, 0.15) is 32.8 Å². The third-order valence-corrected chi connectivity index (χ3v) is 5.23. The maximum atomic E-state index is 13.4. The van der Waals surface area contributed by atoms with Gasteiger partial charge >= 0.3 is 5.97 Å². The number of para-hydroxylation sites is 1. The number of hydrogen-bond acceptors (Lipinski definition) is 4. The molecule has 2 aliphatic rings. The number of anilines is 1. The molecular weight excluding hydrogens is 366 g/mol. The Morgan fingerprint density at radius 2 is 1.52 bits per heavy atom. The molecule has 2 aromatic rings. The average Bonchev–Trinajstić information content (AvgIpc) is 3.19. The number of amides is 2. The van der Waals surface area contributed by atoms with Gasteiger partial charge in [-0.05, 0) is 50.5 Å². The first-order valence-electron chi connectivity index (χ1n) is 9.72. The fourth-order valence-corrected chi connectivity index (χ4v) is 4.11. The maximum absolute atomic E-state index is 13.4. The minimum Gasteiger partial charge on any atom is -0.457 e. The van der Waals surface area contributed by atoms with E-state index in [1.54, 1.807) is 45.0 Å². The van der Waals surface area contributed by atoms with Gasteiger partial charge < -0.3 is 4.74 Å². The van der Waals surface area contributed by atoms with Crippen molar-refractivity contribution in [3.63, 3.8) is 0 Å². The first-order chi connectivity index (χ1) is 13.8. The molecular formula is C24H23NO4. The highest BCUT2D eigenvalue weighted by Gasteiger charge is 2.55. The number of carbonyl (C=O) groups excluding carboxylic acids is 3. The first-order valence-corrected chi connectivity index (χ1v) is 9.72. The molecule has 29 heavy (non-hydrogen) atoms. The summed E-state index contributed by atoms with van der Waals surface area (Å²) in [4.78, 5) is 40.7. The summed E-state index contributed by atoms with van der Waals surface area (Å²) >= 11 is 0. The summed E-state index contributed by atoms with van der Waals surface area (Å²) in [5, 5.41) is 0. The lowest BCUT2D eigenvalue weighted by molar-refractivity contribution is -0.149. The second-order valence-electron chi connectivity index (χ2n) is 8.40. The highest BCUT2D eigenvalue weighted by Crippen LogP contribution is 2.49. The van der Waals surface area contributed by atoms with Crippen molar-refractivity contribution in [2.24, 2.45) is 11.8 Å². The molecule has 2 atom stereocenters. The number of rotatable bonds is 3. The summed E-state index contributed by atoms with van der Waals surface area (Å²) in [6.07, 6.45) is 0.206.